The van der Waals surface area contributed by atoms with Gasteiger partial charge in [-0.15, -0.1) is 0 Å². The van der Waals surface area contributed by atoms with Gasteiger partial charge in [-0.3, -0.25) is 9.78 Å². The number of carboxylic acids is 1. The number of ether oxygens (including phenoxy) is 1. The van der Waals surface area contributed by atoms with Crippen LogP contribution in [0.3, 0.4) is 0 Å². The van der Waals surface area contributed by atoms with Crippen molar-refractivity contribution in [1.82, 2.24) is 20.1 Å². The Kier molecular flexibility index (Phi) is 8.60. The molecule has 1 aromatic carbocycles. The summed E-state index contributed by atoms with van der Waals surface area (Å²) in [5.74, 6) is 0.334. The summed E-state index contributed by atoms with van der Waals surface area (Å²) >= 11 is 0. The normalized spacial score (nSPS) is 19.5. The highest BCUT2D eigenvalue weighted by Gasteiger charge is 2.31. The van der Waals surface area contributed by atoms with Crippen molar-refractivity contribution in [2.75, 3.05) is 26.7 Å². The molecule has 0 radical (unpaired) electrons. The molecule has 3 atom stereocenters. The second kappa shape index (κ2) is 12.0. The molecule has 1 aliphatic heterocycles. The first-order valence-electron chi connectivity index (χ1n) is 12.3. The number of carbonyl (C=O) groups is 1. The largest absolute Gasteiger partial charge is 0.497 e. The quantitative estimate of drug-likeness (QED) is 0.427. The van der Waals surface area contributed by atoms with Crippen LogP contribution in [0.4, 0.5) is 0 Å². The summed E-state index contributed by atoms with van der Waals surface area (Å²) in [6, 6.07) is 11.4. The summed E-state index contributed by atoms with van der Waals surface area (Å²) < 4.78 is 5.35. The Balaban J connectivity index is 1.35. The summed E-state index contributed by atoms with van der Waals surface area (Å²) in [5.41, 5.74) is 2.64. The average Bonchev–Trinajstić information content (AvgIpc) is 2.87. The van der Waals surface area contributed by atoms with E-state index in [0.717, 1.165) is 73.2 Å². The molecule has 8 nitrogen and oxygen atoms in total. The van der Waals surface area contributed by atoms with E-state index in [0.29, 0.717) is 6.42 Å². The Hall–Kier alpha value is -3.10. The number of aromatic nitrogens is 3. The molecule has 2 N–H and O–H groups in total. The van der Waals surface area contributed by atoms with Gasteiger partial charge in [0.05, 0.1) is 24.4 Å². The first-order chi connectivity index (χ1) is 17.0. The van der Waals surface area contributed by atoms with Crippen LogP contribution < -0.4 is 4.74 Å². The second-order valence-corrected chi connectivity index (χ2v) is 9.40. The zero-order valence-electron chi connectivity index (χ0n) is 20.2. The van der Waals surface area contributed by atoms with Gasteiger partial charge in [0.15, 0.2) is 0 Å². The molecule has 4 rings (SSSR count). The van der Waals surface area contributed by atoms with Crippen LogP contribution in [0.15, 0.2) is 48.8 Å². The van der Waals surface area contributed by atoms with Gasteiger partial charge in [-0.2, -0.15) is 10.2 Å². The number of methoxy groups -OCH3 is 1. The predicted octanol–water partition coefficient (Wildman–Crippen LogP) is 3.89. The van der Waals surface area contributed by atoms with Crippen LogP contribution in [0.25, 0.3) is 10.9 Å². The minimum absolute atomic E-state index is 0.0826. The Bertz CT molecular complexity index is 1110. The van der Waals surface area contributed by atoms with E-state index in [1.807, 2.05) is 36.4 Å². The summed E-state index contributed by atoms with van der Waals surface area (Å²) in [4.78, 5) is 18.4. The lowest BCUT2D eigenvalue weighted by Gasteiger charge is -2.38. The Morgan fingerprint density at radius 2 is 2.11 bits per heavy atom. The van der Waals surface area contributed by atoms with Crippen molar-refractivity contribution in [2.45, 2.75) is 44.6 Å². The van der Waals surface area contributed by atoms with Gasteiger partial charge >= 0.3 is 5.97 Å². The number of likely N-dealkylation sites (tertiary alicyclic amines) is 1. The molecule has 186 valence electrons. The van der Waals surface area contributed by atoms with Crippen molar-refractivity contribution in [3.63, 3.8) is 0 Å². The van der Waals surface area contributed by atoms with Gasteiger partial charge in [0.2, 0.25) is 0 Å². The van der Waals surface area contributed by atoms with Crippen LogP contribution >= 0.6 is 0 Å². The highest BCUT2D eigenvalue weighted by molar-refractivity contribution is 5.83. The zero-order chi connectivity index (χ0) is 24.6. The highest BCUT2D eigenvalue weighted by atomic mass is 16.5. The van der Waals surface area contributed by atoms with Crippen molar-refractivity contribution in [1.29, 1.82) is 0 Å². The molecule has 8 heteroatoms. The number of hydrogen-bond donors (Lipinski definition) is 2. The van der Waals surface area contributed by atoms with Gasteiger partial charge in [0, 0.05) is 30.7 Å². The van der Waals surface area contributed by atoms with Crippen molar-refractivity contribution >= 4 is 16.9 Å². The number of piperidine rings is 1. The smallest absolute Gasteiger partial charge is 0.303 e. The first kappa shape index (κ1) is 25.0. The fourth-order valence-electron chi connectivity index (χ4n) is 5.24. The molecule has 0 amide bonds. The van der Waals surface area contributed by atoms with Crippen LogP contribution in [-0.4, -0.2) is 63.0 Å². The van der Waals surface area contributed by atoms with Gasteiger partial charge in [-0.05, 0) is 99.0 Å². The second-order valence-electron chi connectivity index (χ2n) is 9.40. The third kappa shape index (κ3) is 6.74. The number of hydrogen-bond acceptors (Lipinski definition) is 7. The van der Waals surface area contributed by atoms with Crippen LogP contribution in [0.5, 0.6) is 5.75 Å². The fraction of sp³-hybridized carbons (Fsp3) is 0.481. The predicted molar refractivity (Wildman–Crippen MR) is 133 cm³/mol. The van der Waals surface area contributed by atoms with Crippen LogP contribution in [0, 0.1) is 11.8 Å². The molecular formula is C27H34N4O4. The maximum Gasteiger partial charge on any atom is 0.303 e. The molecule has 1 saturated heterocycles. The monoisotopic (exact) mass is 478 g/mol. The molecular weight excluding hydrogens is 444 g/mol. The summed E-state index contributed by atoms with van der Waals surface area (Å²) in [7, 11) is 1.62. The number of pyridine rings is 1. The van der Waals surface area contributed by atoms with E-state index in [2.05, 4.69) is 20.1 Å². The minimum Gasteiger partial charge on any atom is -0.497 e. The van der Waals surface area contributed by atoms with Crippen molar-refractivity contribution < 1.29 is 19.7 Å². The van der Waals surface area contributed by atoms with E-state index in [-0.39, 0.29) is 18.3 Å². The van der Waals surface area contributed by atoms with Crippen LogP contribution in [-0.2, 0) is 11.2 Å². The number of nitrogens with zero attached hydrogens (tertiary/aromatic N) is 4. The van der Waals surface area contributed by atoms with Crippen LogP contribution in [0.1, 0.15) is 49.5 Å². The number of aryl methyl sites for hydroxylation is 1. The van der Waals surface area contributed by atoms with Crippen molar-refractivity contribution in [3.05, 3.63) is 60.0 Å². The topological polar surface area (TPSA) is 109 Å². The van der Waals surface area contributed by atoms with E-state index in [4.69, 9.17) is 4.74 Å². The first-order valence-corrected chi connectivity index (χ1v) is 12.3. The maximum atomic E-state index is 11.6. The van der Waals surface area contributed by atoms with Gasteiger partial charge in [0.1, 0.15) is 5.75 Å². The molecule has 2 aromatic heterocycles. The maximum absolute atomic E-state index is 11.6. The lowest BCUT2D eigenvalue weighted by molar-refractivity contribution is -0.139. The summed E-state index contributed by atoms with van der Waals surface area (Å²) in [5, 5.41) is 29.5. The Labute approximate surface area is 206 Å². The third-order valence-corrected chi connectivity index (χ3v) is 7.10. The fourth-order valence-corrected chi connectivity index (χ4v) is 5.24. The molecule has 0 saturated carbocycles. The number of aliphatic hydroxyl groups is 1. The Morgan fingerprint density at radius 3 is 2.89 bits per heavy atom. The molecule has 1 fully saturated rings. The van der Waals surface area contributed by atoms with Gasteiger partial charge < -0.3 is 19.8 Å². The van der Waals surface area contributed by atoms with Crippen molar-refractivity contribution in [2.24, 2.45) is 11.8 Å². The van der Waals surface area contributed by atoms with E-state index in [9.17, 15) is 15.0 Å². The number of rotatable bonds is 11. The molecule has 0 spiro atoms. The number of carboxylic acid groups (broad SMARTS) is 1. The molecule has 3 heterocycles. The average molecular weight is 479 g/mol. The number of aliphatic hydroxyl groups excluding tert-OH is 1. The summed E-state index contributed by atoms with van der Waals surface area (Å²) in [6.07, 6.45) is 7.09. The lowest BCUT2D eigenvalue weighted by atomic mass is 9.79. The third-order valence-electron chi connectivity index (χ3n) is 7.10. The minimum atomic E-state index is -0.755. The standard InChI is InChI=1S/C27H34N4O4/c1-35-22-7-8-25-24(17-22)23(10-13-28-25)26(32)9-6-19-11-15-31(18-20(19)16-27(33)34)14-3-5-21-4-2-12-29-30-21/h2,4,7-8,10,12-13,17,19-20,26,32H,3,5-6,9,11,14-16,18H2,1H3,(H,33,34)/t19-,20+,26+/m1/s1. The van der Waals surface area contributed by atoms with Crippen molar-refractivity contribution in [3.8, 4) is 5.75 Å². The molecule has 0 bridgehead atoms. The number of fused-ring (bicyclic) bond motifs is 1. The van der Waals surface area contributed by atoms with Gasteiger partial charge in [-0.25, -0.2) is 0 Å². The highest BCUT2D eigenvalue weighted by Crippen LogP contribution is 2.34. The Morgan fingerprint density at radius 1 is 1.23 bits per heavy atom. The van der Waals surface area contributed by atoms with E-state index >= 15 is 0 Å². The zero-order valence-corrected chi connectivity index (χ0v) is 20.2. The number of benzene rings is 1. The molecule has 0 unspecified atom stereocenters. The van der Waals surface area contributed by atoms with Crippen LogP contribution in [0.2, 0.25) is 0 Å². The molecule has 1 aliphatic rings. The summed E-state index contributed by atoms with van der Waals surface area (Å²) in [6.45, 7) is 2.66. The molecule has 3 aromatic rings. The SMILES string of the molecule is COc1ccc2nccc([C@@H](O)CC[C@@H]3CCN(CCCc4cccnn4)C[C@@H]3CC(=O)O)c2c1. The van der Waals surface area contributed by atoms with E-state index in [1.165, 1.54) is 0 Å². The van der Waals surface area contributed by atoms with E-state index in [1.54, 1.807) is 19.5 Å². The number of aliphatic carboxylic acids is 1. The van der Waals surface area contributed by atoms with E-state index < -0.39 is 12.1 Å². The molecule has 35 heavy (non-hydrogen) atoms. The van der Waals surface area contributed by atoms with Gasteiger partial charge in [0.25, 0.3) is 0 Å². The van der Waals surface area contributed by atoms with Gasteiger partial charge in [-0.1, -0.05) is 0 Å². The molecule has 0 aliphatic carbocycles. The lowest BCUT2D eigenvalue weighted by Crippen LogP contribution is -2.42.